The first-order valence-electron chi connectivity index (χ1n) is 4.88. The number of carbonyl (C=O) groups excluding carboxylic acids is 1. The predicted molar refractivity (Wildman–Crippen MR) is 59.4 cm³/mol. The van der Waals surface area contributed by atoms with Gasteiger partial charge in [-0.3, -0.25) is 4.79 Å². The Kier molecular flexibility index (Phi) is 3.04. The third-order valence-corrected chi connectivity index (χ3v) is 2.29. The molecular formula is C11H11N3O3. The van der Waals surface area contributed by atoms with Crippen molar-refractivity contribution in [3.05, 3.63) is 35.7 Å². The van der Waals surface area contributed by atoms with Crippen molar-refractivity contribution in [1.29, 1.82) is 0 Å². The molecule has 2 aromatic rings. The van der Waals surface area contributed by atoms with Gasteiger partial charge in [0.2, 0.25) is 5.78 Å². The van der Waals surface area contributed by atoms with Crippen molar-refractivity contribution in [1.82, 2.24) is 15.4 Å². The number of nitrogens with zero attached hydrogens (tertiary/aromatic N) is 2. The van der Waals surface area contributed by atoms with Gasteiger partial charge in [-0.2, -0.15) is 15.4 Å². The molecule has 0 spiro atoms. The van der Waals surface area contributed by atoms with Crippen LogP contribution >= 0.6 is 0 Å². The highest BCUT2D eigenvalue weighted by atomic mass is 16.5. The number of benzene rings is 1. The van der Waals surface area contributed by atoms with E-state index in [9.17, 15) is 4.79 Å². The second-order valence-corrected chi connectivity index (χ2v) is 3.25. The number of hydrogen-bond donors (Lipinski definition) is 1. The number of aromatic nitrogens is 3. The maximum Gasteiger partial charge on any atom is 0.215 e. The van der Waals surface area contributed by atoms with Gasteiger partial charge in [0.25, 0.3) is 0 Å². The minimum atomic E-state index is -0.222. The zero-order chi connectivity index (χ0) is 12.3. The Hall–Kier alpha value is -2.37. The maximum atomic E-state index is 12.0. The van der Waals surface area contributed by atoms with E-state index in [-0.39, 0.29) is 11.5 Å². The molecule has 1 aromatic carbocycles. The van der Waals surface area contributed by atoms with Gasteiger partial charge < -0.3 is 9.47 Å². The highest BCUT2D eigenvalue weighted by Crippen LogP contribution is 2.28. The molecule has 1 heterocycles. The number of ketones is 1. The summed E-state index contributed by atoms with van der Waals surface area (Å²) in [6, 6.07) is 4.93. The van der Waals surface area contributed by atoms with E-state index in [4.69, 9.17) is 9.47 Å². The Morgan fingerprint density at radius 1 is 1.24 bits per heavy atom. The lowest BCUT2D eigenvalue weighted by Crippen LogP contribution is -2.03. The largest absolute Gasteiger partial charge is 0.493 e. The number of aromatic amines is 1. The summed E-state index contributed by atoms with van der Waals surface area (Å²) in [5.74, 6) is 0.853. The Morgan fingerprint density at radius 3 is 2.59 bits per heavy atom. The van der Waals surface area contributed by atoms with Crippen LogP contribution in [0.25, 0.3) is 0 Å². The number of carbonyl (C=O) groups is 1. The highest BCUT2D eigenvalue weighted by Gasteiger charge is 2.14. The van der Waals surface area contributed by atoms with Crippen molar-refractivity contribution in [2.75, 3.05) is 14.2 Å². The fourth-order valence-electron chi connectivity index (χ4n) is 1.44. The summed E-state index contributed by atoms with van der Waals surface area (Å²) in [7, 11) is 3.05. The van der Waals surface area contributed by atoms with Gasteiger partial charge in [0.1, 0.15) is 0 Å². The van der Waals surface area contributed by atoms with Crippen LogP contribution in [0.15, 0.2) is 24.4 Å². The van der Waals surface area contributed by atoms with Crippen LogP contribution < -0.4 is 9.47 Å². The van der Waals surface area contributed by atoms with E-state index in [0.717, 1.165) is 0 Å². The first-order valence-corrected chi connectivity index (χ1v) is 4.88. The molecule has 0 aliphatic carbocycles. The standard InChI is InChI=1S/C11H11N3O3/c1-16-9-4-3-7(5-10(9)17-2)11(15)8-6-12-14-13-8/h3-6H,1-2H3,(H,12,13,14). The van der Waals surface area contributed by atoms with Crippen LogP contribution in [0.3, 0.4) is 0 Å². The average Bonchev–Trinajstić information content (AvgIpc) is 2.90. The van der Waals surface area contributed by atoms with Crippen molar-refractivity contribution in [3.63, 3.8) is 0 Å². The lowest BCUT2D eigenvalue weighted by molar-refractivity contribution is 0.103. The summed E-state index contributed by atoms with van der Waals surface area (Å²) in [4.78, 5) is 12.0. The van der Waals surface area contributed by atoms with E-state index in [1.807, 2.05) is 0 Å². The maximum absolute atomic E-state index is 12.0. The smallest absolute Gasteiger partial charge is 0.215 e. The molecule has 0 aliphatic heterocycles. The van der Waals surface area contributed by atoms with Gasteiger partial charge in [0.05, 0.1) is 20.4 Å². The van der Waals surface area contributed by atoms with Crippen molar-refractivity contribution in [3.8, 4) is 11.5 Å². The SMILES string of the molecule is COc1ccc(C(=O)c2cn[nH]n2)cc1OC. The Bertz CT molecular complexity index is 523. The number of H-pyrrole nitrogens is 1. The average molecular weight is 233 g/mol. The third kappa shape index (κ3) is 2.10. The zero-order valence-corrected chi connectivity index (χ0v) is 9.43. The minimum absolute atomic E-state index is 0.222. The molecule has 0 bridgehead atoms. The quantitative estimate of drug-likeness (QED) is 0.799. The highest BCUT2D eigenvalue weighted by molar-refractivity contribution is 6.07. The summed E-state index contributed by atoms with van der Waals surface area (Å²) < 4.78 is 10.2. The van der Waals surface area contributed by atoms with Gasteiger partial charge in [-0.1, -0.05) is 0 Å². The molecule has 88 valence electrons. The van der Waals surface area contributed by atoms with Crippen LogP contribution in [-0.2, 0) is 0 Å². The van der Waals surface area contributed by atoms with Crippen molar-refractivity contribution < 1.29 is 14.3 Å². The Balaban J connectivity index is 2.37. The summed E-state index contributed by atoms with van der Waals surface area (Å²) in [6.45, 7) is 0. The first kappa shape index (κ1) is 11.1. The minimum Gasteiger partial charge on any atom is -0.493 e. The summed E-state index contributed by atoms with van der Waals surface area (Å²) in [5.41, 5.74) is 0.730. The van der Waals surface area contributed by atoms with Crippen molar-refractivity contribution >= 4 is 5.78 Å². The molecule has 0 saturated carbocycles. The molecule has 0 amide bonds. The van der Waals surface area contributed by atoms with E-state index >= 15 is 0 Å². The summed E-state index contributed by atoms with van der Waals surface area (Å²) >= 11 is 0. The molecule has 0 unspecified atom stereocenters. The molecule has 0 radical (unpaired) electrons. The summed E-state index contributed by atoms with van der Waals surface area (Å²) in [6.07, 6.45) is 1.37. The molecule has 0 fully saturated rings. The van der Waals surface area contributed by atoms with E-state index < -0.39 is 0 Å². The van der Waals surface area contributed by atoms with Crippen LogP contribution in [0.2, 0.25) is 0 Å². The van der Waals surface area contributed by atoms with Gasteiger partial charge in [-0.25, -0.2) is 0 Å². The second-order valence-electron chi connectivity index (χ2n) is 3.25. The lowest BCUT2D eigenvalue weighted by Gasteiger charge is -2.08. The molecule has 0 atom stereocenters. The fourth-order valence-corrected chi connectivity index (χ4v) is 1.44. The second kappa shape index (κ2) is 4.65. The number of nitrogens with one attached hydrogen (secondary N) is 1. The van der Waals surface area contributed by atoms with E-state index in [1.54, 1.807) is 18.2 Å². The summed E-state index contributed by atoms with van der Waals surface area (Å²) in [5, 5.41) is 9.72. The van der Waals surface area contributed by atoms with E-state index in [2.05, 4.69) is 15.4 Å². The van der Waals surface area contributed by atoms with Crippen LogP contribution in [0.5, 0.6) is 11.5 Å². The molecule has 2 rings (SSSR count). The lowest BCUT2D eigenvalue weighted by atomic mass is 10.1. The van der Waals surface area contributed by atoms with Crippen LogP contribution in [-0.4, -0.2) is 35.4 Å². The van der Waals surface area contributed by atoms with Gasteiger partial charge in [0, 0.05) is 5.56 Å². The molecule has 1 N–H and O–H groups in total. The normalized spacial score (nSPS) is 10.0. The first-order chi connectivity index (χ1) is 8.26. The van der Waals surface area contributed by atoms with Gasteiger partial charge in [-0.15, -0.1) is 0 Å². The molecular weight excluding hydrogens is 222 g/mol. The molecule has 0 saturated heterocycles. The van der Waals surface area contributed by atoms with Crippen LogP contribution in [0, 0.1) is 0 Å². The molecule has 1 aromatic heterocycles. The Morgan fingerprint density at radius 2 is 2.00 bits per heavy atom. The van der Waals surface area contributed by atoms with Crippen LogP contribution in [0.1, 0.15) is 16.1 Å². The molecule has 6 heteroatoms. The number of hydrogen-bond acceptors (Lipinski definition) is 5. The number of rotatable bonds is 4. The van der Waals surface area contributed by atoms with Gasteiger partial charge in [0.15, 0.2) is 17.2 Å². The topological polar surface area (TPSA) is 77.1 Å². The van der Waals surface area contributed by atoms with Gasteiger partial charge in [-0.05, 0) is 18.2 Å². The Labute approximate surface area is 97.6 Å². The van der Waals surface area contributed by atoms with Crippen molar-refractivity contribution in [2.24, 2.45) is 0 Å². The number of ether oxygens (including phenoxy) is 2. The van der Waals surface area contributed by atoms with Crippen LogP contribution in [0.4, 0.5) is 0 Å². The molecule has 6 nitrogen and oxygen atoms in total. The van der Waals surface area contributed by atoms with Gasteiger partial charge >= 0.3 is 0 Å². The van der Waals surface area contributed by atoms with Crippen molar-refractivity contribution in [2.45, 2.75) is 0 Å². The number of methoxy groups -OCH3 is 2. The fraction of sp³-hybridized carbons (Fsp3) is 0.182. The van der Waals surface area contributed by atoms with E-state index in [0.29, 0.717) is 17.1 Å². The molecule has 0 aliphatic rings. The third-order valence-electron chi connectivity index (χ3n) is 2.29. The van der Waals surface area contributed by atoms with E-state index in [1.165, 1.54) is 20.4 Å². The molecule has 17 heavy (non-hydrogen) atoms. The zero-order valence-electron chi connectivity index (χ0n) is 9.43. The monoisotopic (exact) mass is 233 g/mol. The predicted octanol–water partition coefficient (Wildman–Crippen LogP) is 1.05.